The van der Waals surface area contributed by atoms with Crippen molar-refractivity contribution < 1.29 is 19.1 Å². The highest BCUT2D eigenvalue weighted by atomic mass is 32.1. The number of aromatic nitrogens is 1. The maximum Gasteiger partial charge on any atom is 0.344 e. The number of carbonyl (C=O) groups excluding carboxylic acids is 2. The fraction of sp³-hybridized carbons (Fsp3) is 0.312. The van der Waals surface area contributed by atoms with Crippen molar-refractivity contribution in [1.82, 2.24) is 10.3 Å². The molecule has 23 heavy (non-hydrogen) atoms. The molecule has 0 aromatic carbocycles. The van der Waals surface area contributed by atoms with Gasteiger partial charge in [-0.15, -0.1) is 11.3 Å². The summed E-state index contributed by atoms with van der Waals surface area (Å²) in [4.78, 5) is 28.9. The van der Waals surface area contributed by atoms with Gasteiger partial charge in [-0.2, -0.15) is 0 Å². The van der Waals surface area contributed by atoms with Crippen molar-refractivity contribution in [2.45, 2.75) is 19.9 Å². The number of ether oxygens (including phenoxy) is 2. The number of nitrogens with zero attached hydrogens (tertiary/aromatic N) is 1. The summed E-state index contributed by atoms with van der Waals surface area (Å²) in [6.07, 6.45) is 1.52. The van der Waals surface area contributed by atoms with Crippen molar-refractivity contribution in [3.63, 3.8) is 0 Å². The second-order valence-corrected chi connectivity index (χ2v) is 5.65. The van der Waals surface area contributed by atoms with E-state index in [0.717, 1.165) is 4.88 Å². The molecular formula is C16H18N2O4S. The summed E-state index contributed by atoms with van der Waals surface area (Å²) in [5.74, 6) is -0.797. The lowest BCUT2D eigenvalue weighted by molar-refractivity contribution is -0.124. The van der Waals surface area contributed by atoms with E-state index in [-0.39, 0.29) is 30.0 Å². The van der Waals surface area contributed by atoms with Gasteiger partial charge in [0, 0.05) is 11.1 Å². The van der Waals surface area contributed by atoms with Gasteiger partial charge in [0.25, 0.3) is 5.91 Å². The third-order valence-electron chi connectivity index (χ3n) is 2.95. The molecule has 2 aromatic rings. The monoisotopic (exact) mass is 334 g/mol. The molecule has 0 aliphatic carbocycles. The van der Waals surface area contributed by atoms with E-state index in [9.17, 15) is 9.59 Å². The SMILES string of the molecule is CCOc1ncccc1C(=O)OCC(=O)NC(C)c1cccs1. The van der Waals surface area contributed by atoms with Gasteiger partial charge in [0.1, 0.15) is 5.56 Å². The van der Waals surface area contributed by atoms with Gasteiger partial charge in [-0.25, -0.2) is 9.78 Å². The molecular weight excluding hydrogens is 316 g/mol. The molecule has 0 aliphatic rings. The molecule has 2 heterocycles. The molecule has 0 saturated carbocycles. The molecule has 0 bridgehead atoms. The van der Waals surface area contributed by atoms with Crippen LogP contribution in [0.5, 0.6) is 5.88 Å². The van der Waals surface area contributed by atoms with Crippen LogP contribution in [0.1, 0.15) is 35.1 Å². The first-order chi connectivity index (χ1) is 11.1. The van der Waals surface area contributed by atoms with E-state index in [1.807, 2.05) is 24.4 Å². The highest BCUT2D eigenvalue weighted by molar-refractivity contribution is 7.10. The van der Waals surface area contributed by atoms with Crippen LogP contribution < -0.4 is 10.1 Å². The Bertz CT molecular complexity index is 658. The molecule has 0 radical (unpaired) electrons. The number of pyridine rings is 1. The average molecular weight is 334 g/mol. The van der Waals surface area contributed by atoms with Gasteiger partial charge in [-0.3, -0.25) is 4.79 Å². The molecule has 7 heteroatoms. The number of rotatable bonds is 7. The predicted molar refractivity (Wildman–Crippen MR) is 86.6 cm³/mol. The molecule has 2 rings (SSSR count). The number of carbonyl (C=O) groups is 2. The van der Waals surface area contributed by atoms with Crippen molar-refractivity contribution in [3.05, 3.63) is 46.3 Å². The quantitative estimate of drug-likeness (QED) is 0.788. The number of hydrogen-bond acceptors (Lipinski definition) is 6. The smallest absolute Gasteiger partial charge is 0.344 e. The standard InChI is InChI=1S/C16H18N2O4S/c1-3-21-15-12(6-4-8-17-15)16(20)22-10-14(19)18-11(2)13-7-5-9-23-13/h4-9,11H,3,10H2,1-2H3,(H,18,19). The van der Waals surface area contributed by atoms with E-state index < -0.39 is 5.97 Å². The van der Waals surface area contributed by atoms with Crippen LogP contribution in [0.3, 0.4) is 0 Å². The summed E-state index contributed by atoms with van der Waals surface area (Å²) < 4.78 is 10.3. The maximum absolute atomic E-state index is 12.0. The van der Waals surface area contributed by atoms with E-state index in [0.29, 0.717) is 6.61 Å². The summed E-state index contributed by atoms with van der Waals surface area (Å²) >= 11 is 1.55. The van der Waals surface area contributed by atoms with Crippen molar-refractivity contribution >= 4 is 23.2 Å². The second-order valence-electron chi connectivity index (χ2n) is 4.67. The van der Waals surface area contributed by atoms with E-state index >= 15 is 0 Å². The molecule has 1 amide bonds. The third kappa shape index (κ3) is 4.79. The zero-order chi connectivity index (χ0) is 16.7. The normalized spacial score (nSPS) is 11.6. The lowest BCUT2D eigenvalue weighted by Gasteiger charge is -2.13. The van der Waals surface area contributed by atoms with Gasteiger partial charge in [0.15, 0.2) is 6.61 Å². The first kappa shape index (κ1) is 17.0. The van der Waals surface area contributed by atoms with Crippen LogP contribution in [0.25, 0.3) is 0 Å². The molecule has 6 nitrogen and oxygen atoms in total. The van der Waals surface area contributed by atoms with Gasteiger partial charge < -0.3 is 14.8 Å². The van der Waals surface area contributed by atoms with Crippen LogP contribution in [-0.2, 0) is 9.53 Å². The number of thiophene rings is 1. The lowest BCUT2D eigenvalue weighted by Crippen LogP contribution is -2.30. The Morgan fingerprint density at radius 1 is 1.35 bits per heavy atom. The summed E-state index contributed by atoms with van der Waals surface area (Å²) in [5, 5.41) is 4.72. The number of hydrogen-bond donors (Lipinski definition) is 1. The number of esters is 1. The van der Waals surface area contributed by atoms with Crippen LogP contribution in [0.2, 0.25) is 0 Å². The Balaban J connectivity index is 1.88. The van der Waals surface area contributed by atoms with Crippen LogP contribution in [0.15, 0.2) is 35.8 Å². The highest BCUT2D eigenvalue weighted by Gasteiger charge is 2.17. The molecule has 2 aromatic heterocycles. The van der Waals surface area contributed by atoms with Crippen molar-refractivity contribution in [2.75, 3.05) is 13.2 Å². The van der Waals surface area contributed by atoms with Gasteiger partial charge >= 0.3 is 5.97 Å². The molecule has 1 unspecified atom stereocenters. The van der Waals surface area contributed by atoms with Gasteiger partial charge in [-0.05, 0) is 37.4 Å². The summed E-state index contributed by atoms with van der Waals surface area (Å²) in [6.45, 7) is 3.70. The van der Waals surface area contributed by atoms with Crippen LogP contribution in [0, 0.1) is 0 Å². The largest absolute Gasteiger partial charge is 0.477 e. The Labute approximate surface area is 138 Å². The van der Waals surface area contributed by atoms with Crippen LogP contribution >= 0.6 is 11.3 Å². The zero-order valence-electron chi connectivity index (χ0n) is 12.9. The van der Waals surface area contributed by atoms with E-state index in [1.54, 1.807) is 30.4 Å². The Hall–Kier alpha value is -2.41. The minimum atomic E-state index is -0.638. The zero-order valence-corrected chi connectivity index (χ0v) is 13.8. The van der Waals surface area contributed by atoms with E-state index in [4.69, 9.17) is 9.47 Å². The molecule has 1 N–H and O–H groups in total. The van der Waals surface area contributed by atoms with Crippen LogP contribution in [-0.4, -0.2) is 30.1 Å². The predicted octanol–water partition coefficient (Wildman–Crippen LogP) is 2.58. The van der Waals surface area contributed by atoms with E-state index in [1.165, 1.54) is 6.20 Å². The molecule has 122 valence electrons. The minimum Gasteiger partial charge on any atom is -0.477 e. The van der Waals surface area contributed by atoms with Crippen molar-refractivity contribution in [3.8, 4) is 5.88 Å². The Kier molecular flexibility index (Phi) is 6.10. The average Bonchev–Trinajstić information content (AvgIpc) is 3.08. The van der Waals surface area contributed by atoms with Gasteiger partial charge in [0.05, 0.1) is 12.6 Å². The van der Waals surface area contributed by atoms with Crippen molar-refractivity contribution in [1.29, 1.82) is 0 Å². The van der Waals surface area contributed by atoms with E-state index in [2.05, 4.69) is 10.3 Å². The fourth-order valence-corrected chi connectivity index (χ4v) is 2.63. The molecule has 1 atom stereocenters. The lowest BCUT2D eigenvalue weighted by atomic mass is 10.2. The summed E-state index contributed by atoms with van der Waals surface area (Å²) in [5.41, 5.74) is 0.202. The second kappa shape index (κ2) is 8.28. The molecule has 0 fully saturated rings. The maximum atomic E-state index is 12.0. The molecule has 0 aliphatic heterocycles. The third-order valence-corrected chi connectivity index (χ3v) is 4.01. The van der Waals surface area contributed by atoms with Gasteiger partial charge in [0.2, 0.25) is 5.88 Å². The topological polar surface area (TPSA) is 77.5 Å². The fourth-order valence-electron chi connectivity index (χ4n) is 1.90. The molecule has 0 saturated heterocycles. The van der Waals surface area contributed by atoms with Gasteiger partial charge in [-0.1, -0.05) is 6.07 Å². The summed E-state index contributed by atoms with van der Waals surface area (Å²) in [6, 6.07) is 6.88. The Morgan fingerprint density at radius 3 is 2.87 bits per heavy atom. The number of amides is 1. The molecule has 0 spiro atoms. The van der Waals surface area contributed by atoms with Crippen molar-refractivity contribution in [2.24, 2.45) is 0 Å². The van der Waals surface area contributed by atoms with Crippen LogP contribution in [0.4, 0.5) is 0 Å². The minimum absolute atomic E-state index is 0.126. The Morgan fingerprint density at radius 2 is 2.17 bits per heavy atom. The highest BCUT2D eigenvalue weighted by Crippen LogP contribution is 2.18. The number of nitrogens with one attached hydrogen (secondary N) is 1. The first-order valence-corrected chi connectivity index (χ1v) is 8.07. The first-order valence-electron chi connectivity index (χ1n) is 7.19. The summed E-state index contributed by atoms with van der Waals surface area (Å²) in [7, 11) is 0.